The average molecular weight is 326 g/mol. The molecule has 0 spiro atoms. The van der Waals surface area contributed by atoms with Crippen molar-refractivity contribution in [1.29, 1.82) is 0 Å². The summed E-state index contributed by atoms with van der Waals surface area (Å²) in [6.07, 6.45) is 1.30. The van der Waals surface area contributed by atoms with E-state index < -0.39 is 11.7 Å². The van der Waals surface area contributed by atoms with Gasteiger partial charge in [0.05, 0.1) is 33.9 Å². The van der Waals surface area contributed by atoms with Gasteiger partial charge in [0.1, 0.15) is 5.56 Å². The molecule has 1 N–H and O–H groups in total. The van der Waals surface area contributed by atoms with Crippen molar-refractivity contribution >= 4 is 45.6 Å². The van der Waals surface area contributed by atoms with E-state index in [-0.39, 0.29) is 12.2 Å². The highest BCUT2D eigenvalue weighted by Gasteiger charge is 2.19. The highest BCUT2D eigenvalue weighted by molar-refractivity contribution is 6.43. The molecular formula is C13H9Cl2N3O3. The third-order valence-corrected chi connectivity index (χ3v) is 3.74. The fraction of sp³-hybridized carbons (Fsp3) is 0.154. The molecule has 0 saturated heterocycles. The second-order valence-corrected chi connectivity index (χ2v) is 5.10. The van der Waals surface area contributed by atoms with Crippen LogP contribution in [-0.2, 0) is 4.74 Å². The van der Waals surface area contributed by atoms with Crippen LogP contribution in [0, 0.1) is 0 Å². The van der Waals surface area contributed by atoms with Crippen molar-refractivity contribution in [2.24, 2.45) is 0 Å². The number of aromatic amines is 1. The summed E-state index contributed by atoms with van der Waals surface area (Å²) in [5.41, 5.74) is 0.525. The number of fused-ring (bicyclic) bond motifs is 3. The number of aromatic nitrogens is 3. The Hall–Kier alpha value is -2.05. The maximum absolute atomic E-state index is 12.0. The van der Waals surface area contributed by atoms with Gasteiger partial charge >= 0.3 is 11.7 Å². The predicted molar refractivity (Wildman–Crippen MR) is 79.3 cm³/mol. The number of hydrogen-bond acceptors (Lipinski definition) is 4. The first-order valence-corrected chi connectivity index (χ1v) is 6.84. The van der Waals surface area contributed by atoms with E-state index in [1.165, 1.54) is 12.3 Å². The Kier molecular flexibility index (Phi) is 3.35. The third kappa shape index (κ3) is 2.16. The third-order valence-electron chi connectivity index (χ3n) is 3.01. The van der Waals surface area contributed by atoms with Crippen LogP contribution < -0.4 is 5.69 Å². The zero-order valence-electron chi connectivity index (χ0n) is 10.8. The van der Waals surface area contributed by atoms with Crippen molar-refractivity contribution in [3.8, 4) is 0 Å². The number of esters is 1. The van der Waals surface area contributed by atoms with E-state index in [0.717, 1.165) is 4.52 Å². The predicted octanol–water partition coefficient (Wildman–Crippen LogP) is 2.66. The smallest absolute Gasteiger partial charge is 0.347 e. The summed E-state index contributed by atoms with van der Waals surface area (Å²) in [5.74, 6) is -0.550. The molecule has 8 heteroatoms. The van der Waals surface area contributed by atoms with Crippen LogP contribution in [0.25, 0.3) is 16.4 Å². The van der Waals surface area contributed by atoms with Gasteiger partial charge < -0.3 is 9.72 Å². The number of halogens is 2. The van der Waals surface area contributed by atoms with E-state index in [9.17, 15) is 9.59 Å². The first kappa shape index (κ1) is 13.9. The molecule has 0 aliphatic carbocycles. The van der Waals surface area contributed by atoms with Crippen LogP contribution in [0.5, 0.6) is 0 Å². The number of hydrogen-bond donors (Lipinski definition) is 1. The summed E-state index contributed by atoms with van der Waals surface area (Å²) in [6, 6.07) is 3.11. The van der Waals surface area contributed by atoms with Gasteiger partial charge in [-0.1, -0.05) is 23.2 Å². The van der Waals surface area contributed by atoms with Gasteiger partial charge in [-0.2, -0.15) is 9.61 Å². The second kappa shape index (κ2) is 5.05. The van der Waals surface area contributed by atoms with Crippen molar-refractivity contribution in [2.45, 2.75) is 6.92 Å². The average Bonchev–Trinajstić information content (AvgIpc) is 2.87. The molecule has 0 unspecified atom stereocenters. The SMILES string of the molecule is CCOC(=O)c1cnn2c(=O)[nH]c3cc(Cl)c(Cl)cc3c12. The lowest BCUT2D eigenvalue weighted by molar-refractivity contribution is 0.0528. The van der Waals surface area contributed by atoms with Crippen LogP contribution in [0.3, 0.4) is 0 Å². The number of ether oxygens (including phenoxy) is 1. The van der Waals surface area contributed by atoms with Crippen LogP contribution >= 0.6 is 23.2 Å². The summed E-state index contributed by atoms with van der Waals surface area (Å²) in [4.78, 5) is 26.6. The minimum atomic E-state index is -0.550. The van der Waals surface area contributed by atoms with Crippen molar-refractivity contribution in [3.05, 3.63) is 44.4 Å². The van der Waals surface area contributed by atoms with E-state index in [0.29, 0.717) is 26.5 Å². The van der Waals surface area contributed by atoms with Crippen LogP contribution in [0.1, 0.15) is 17.3 Å². The molecular weight excluding hydrogens is 317 g/mol. The van der Waals surface area contributed by atoms with Crippen LogP contribution in [0.15, 0.2) is 23.1 Å². The van der Waals surface area contributed by atoms with Gasteiger partial charge in [0.2, 0.25) is 0 Å². The van der Waals surface area contributed by atoms with Gasteiger partial charge in [-0.15, -0.1) is 0 Å². The van der Waals surface area contributed by atoms with E-state index >= 15 is 0 Å². The highest BCUT2D eigenvalue weighted by Crippen LogP contribution is 2.29. The first-order valence-electron chi connectivity index (χ1n) is 6.08. The van der Waals surface area contributed by atoms with Gasteiger partial charge in [0.25, 0.3) is 0 Å². The zero-order valence-corrected chi connectivity index (χ0v) is 12.3. The van der Waals surface area contributed by atoms with Gasteiger partial charge in [-0.3, -0.25) is 0 Å². The van der Waals surface area contributed by atoms with Crippen molar-refractivity contribution < 1.29 is 9.53 Å². The fourth-order valence-corrected chi connectivity index (χ4v) is 2.46. The van der Waals surface area contributed by atoms with Gasteiger partial charge in [-0.05, 0) is 19.1 Å². The van der Waals surface area contributed by atoms with E-state index in [1.54, 1.807) is 13.0 Å². The number of carbonyl (C=O) groups is 1. The molecule has 1 aromatic carbocycles. The maximum atomic E-state index is 12.0. The van der Waals surface area contributed by atoms with Crippen LogP contribution in [0.4, 0.5) is 0 Å². The molecule has 0 aliphatic heterocycles. The number of benzene rings is 1. The molecule has 3 rings (SSSR count). The highest BCUT2D eigenvalue weighted by atomic mass is 35.5. The summed E-state index contributed by atoms with van der Waals surface area (Å²) in [7, 11) is 0. The zero-order chi connectivity index (χ0) is 15.1. The summed E-state index contributed by atoms with van der Waals surface area (Å²) in [5, 5.41) is 5.10. The van der Waals surface area contributed by atoms with Crippen LogP contribution in [0.2, 0.25) is 10.0 Å². The largest absolute Gasteiger partial charge is 0.462 e. The maximum Gasteiger partial charge on any atom is 0.347 e. The lowest BCUT2D eigenvalue weighted by Crippen LogP contribution is -2.18. The standard InChI is InChI=1S/C13H9Cl2N3O3/c1-2-21-12(19)7-5-16-18-11(7)6-3-8(14)9(15)4-10(6)17-13(18)20/h3-5H,2H2,1H3,(H,17,20). The normalized spacial score (nSPS) is 11.2. The van der Waals surface area contributed by atoms with Gasteiger partial charge in [0, 0.05) is 5.39 Å². The van der Waals surface area contributed by atoms with Gasteiger partial charge in [-0.25, -0.2) is 9.59 Å². The Morgan fingerprint density at radius 1 is 1.38 bits per heavy atom. The Morgan fingerprint density at radius 3 is 2.81 bits per heavy atom. The lowest BCUT2D eigenvalue weighted by Gasteiger charge is -2.05. The number of H-pyrrole nitrogens is 1. The summed E-state index contributed by atoms with van der Waals surface area (Å²) in [6.45, 7) is 1.93. The van der Waals surface area contributed by atoms with E-state index in [2.05, 4.69) is 10.1 Å². The molecule has 2 heterocycles. The summed E-state index contributed by atoms with van der Waals surface area (Å²) < 4.78 is 6.07. The lowest BCUT2D eigenvalue weighted by atomic mass is 10.1. The number of nitrogens with zero attached hydrogens (tertiary/aromatic N) is 2. The Morgan fingerprint density at radius 2 is 2.10 bits per heavy atom. The molecule has 0 fully saturated rings. The van der Waals surface area contributed by atoms with E-state index in [1.807, 2.05) is 0 Å². The molecule has 3 aromatic rings. The molecule has 0 atom stereocenters. The Bertz CT molecular complexity index is 930. The molecule has 0 amide bonds. The quantitative estimate of drug-likeness (QED) is 0.735. The number of carbonyl (C=O) groups excluding carboxylic acids is 1. The van der Waals surface area contributed by atoms with Crippen LogP contribution in [-0.4, -0.2) is 27.2 Å². The molecule has 0 saturated carbocycles. The summed E-state index contributed by atoms with van der Waals surface area (Å²) >= 11 is 12.0. The molecule has 6 nitrogen and oxygen atoms in total. The minimum Gasteiger partial charge on any atom is -0.462 e. The second-order valence-electron chi connectivity index (χ2n) is 4.28. The van der Waals surface area contributed by atoms with Gasteiger partial charge in [0.15, 0.2) is 0 Å². The minimum absolute atomic E-state index is 0.200. The topological polar surface area (TPSA) is 76.5 Å². The molecule has 2 aromatic heterocycles. The van der Waals surface area contributed by atoms with Crippen molar-refractivity contribution in [1.82, 2.24) is 14.6 Å². The van der Waals surface area contributed by atoms with E-state index in [4.69, 9.17) is 27.9 Å². The molecule has 0 bridgehead atoms. The van der Waals surface area contributed by atoms with Crippen molar-refractivity contribution in [2.75, 3.05) is 6.61 Å². The van der Waals surface area contributed by atoms with Crippen molar-refractivity contribution in [3.63, 3.8) is 0 Å². The molecule has 0 radical (unpaired) electrons. The Labute approximate surface area is 128 Å². The monoisotopic (exact) mass is 325 g/mol. The first-order chi connectivity index (χ1) is 10.0. The molecule has 0 aliphatic rings. The molecule has 21 heavy (non-hydrogen) atoms. The number of rotatable bonds is 2. The number of nitrogens with one attached hydrogen (secondary N) is 1. The molecule has 108 valence electrons. The Balaban J connectivity index is 2.45. The fourth-order valence-electron chi connectivity index (χ4n) is 2.13.